The van der Waals surface area contributed by atoms with Gasteiger partial charge in [-0.05, 0) is 26.7 Å². The minimum Gasteiger partial charge on any atom is -0.353 e. The molecule has 1 aromatic heterocycles. The zero-order chi connectivity index (χ0) is 18.7. The van der Waals surface area contributed by atoms with E-state index in [0.29, 0.717) is 11.5 Å². The predicted molar refractivity (Wildman–Crippen MR) is 106 cm³/mol. The highest BCUT2D eigenvalue weighted by Gasteiger charge is 2.12. The maximum Gasteiger partial charge on any atom is 0.230 e. The van der Waals surface area contributed by atoms with Gasteiger partial charge in [-0.15, -0.1) is 10.2 Å². The van der Waals surface area contributed by atoms with Crippen LogP contribution in [0.1, 0.15) is 53.4 Å². The number of aromatic nitrogens is 2. The maximum absolute atomic E-state index is 11.8. The van der Waals surface area contributed by atoms with Crippen molar-refractivity contribution in [1.29, 1.82) is 0 Å². The minimum atomic E-state index is 0.0136. The highest BCUT2D eigenvalue weighted by atomic mass is 32.2. The summed E-state index contributed by atoms with van der Waals surface area (Å²) in [7, 11) is 0. The van der Waals surface area contributed by atoms with E-state index in [1.165, 1.54) is 34.9 Å². The minimum absolute atomic E-state index is 0.0136. The highest BCUT2D eigenvalue weighted by Crippen LogP contribution is 2.28. The number of rotatable bonds is 12. The van der Waals surface area contributed by atoms with Crippen molar-refractivity contribution in [1.82, 2.24) is 20.8 Å². The third-order valence-electron chi connectivity index (χ3n) is 3.30. The molecule has 9 heteroatoms. The first-order valence-corrected chi connectivity index (χ1v) is 11.4. The standard InChI is InChI=1S/C16H28N4O2S3/c1-5-7-11(3)17-13(21)9-23-15-19-20-16(25-15)24-10-14(22)18-12(4)8-6-2/h11-12H,5-10H2,1-4H3,(H,17,21)(H,18,22)/t11-,12-/m1/s1. The highest BCUT2D eigenvalue weighted by molar-refractivity contribution is 8.03. The van der Waals surface area contributed by atoms with Crippen LogP contribution in [0.2, 0.25) is 0 Å². The Morgan fingerprint density at radius 2 is 1.32 bits per heavy atom. The topological polar surface area (TPSA) is 84.0 Å². The second-order valence-corrected chi connectivity index (χ2v) is 9.35. The van der Waals surface area contributed by atoms with Crippen LogP contribution in [0.5, 0.6) is 0 Å². The van der Waals surface area contributed by atoms with Crippen LogP contribution in [0.15, 0.2) is 8.68 Å². The Kier molecular flexibility index (Phi) is 11.2. The summed E-state index contributed by atoms with van der Waals surface area (Å²) < 4.78 is 1.50. The number of carbonyl (C=O) groups excluding carboxylic acids is 2. The van der Waals surface area contributed by atoms with E-state index < -0.39 is 0 Å². The monoisotopic (exact) mass is 404 g/mol. The molecule has 1 aromatic rings. The van der Waals surface area contributed by atoms with Gasteiger partial charge in [0.1, 0.15) is 0 Å². The Morgan fingerprint density at radius 3 is 1.68 bits per heavy atom. The van der Waals surface area contributed by atoms with Gasteiger partial charge in [-0.1, -0.05) is 61.5 Å². The Labute approximate surface area is 162 Å². The summed E-state index contributed by atoms with van der Waals surface area (Å²) in [5.74, 6) is 0.698. The van der Waals surface area contributed by atoms with Gasteiger partial charge in [-0.2, -0.15) is 0 Å². The molecule has 0 aliphatic rings. The Balaban J connectivity index is 2.29. The average molecular weight is 405 g/mol. The molecule has 0 saturated carbocycles. The smallest absolute Gasteiger partial charge is 0.230 e. The molecule has 142 valence electrons. The normalized spacial score (nSPS) is 13.3. The number of nitrogens with one attached hydrogen (secondary N) is 2. The van der Waals surface area contributed by atoms with Gasteiger partial charge in [0.25, 0.3) is 0 Å². The van der Waals surface area contributed by atoms with Gasteiger partial charge in [0.15, 0.2) is 8.68 Å². The lowest BCUT2D eigenvalue weighted by Gasteiger charge is -2.11. The van der Waals surface area contributed by atoms with E-state index >= 15 is 0 Å². The molecule has 0 saturated heterocycles. The molecule has 0 aliphatic carbocycles. The van der Waals surface area contributed by atoms with Crippen molar-refractivity contribution in [2.24, 2.45) is 0 Å². The van der Waals surface area contributed by atoms with Crippen LogP contribution in [0.4, 0.5) is 0 Å². The van der Waals surface area contributed by atoms with Gasteiger partial charge >= 0.3 is 0 Å². The van der Waals surface area contributed by atoms with Crippen LogP contribution < -0.4 is 10.6 Å². The molecule has 0 radical (unpaired) electrons. The van der Waals surface area contributed by atoms with Gasteiger partial charge in [0, 0.05) is 12.1 Å². The fourth-order valence-electron chi connectivity index (χ4n) is 2.21. The van der Waals surface area contributed by atoms with E-state index in [1.54, 1.807) is 0 Å². The van der Waals surface area contributed by atoms with E-state index in [-0.39, 0.29) is 23.9 Å². The number of nitrogens with zero attached hydrogens (tertiary/aromatic N) is 2. The first-order chi connectivity index (χ1) is 11.9. The van der Waals surface area contributed by atoms with Crippen LogP contribution in [-0.2, 0) is 9.59 Å². The van der Waals surface area contributed by atoms with E-state index in [1.807, 2.05) is 13.8 Å². The van der Waals surface area contributed by atoms with Crippen molar-refractivity contribution in [3.05, 3.63) is 0 Å². The first-order valence-electron chi connectivity index (χ1n) is 8.62. The Hall–Kier alpha value is -0.800. The van der Waals surface area contributed by atoms with Crippen LogP contribution >= 0.6 is 34.9 Å². The molecule has 6 nitrogen and oxygen atoms in total. The molecule has 25 heavy (non-hydrogen) atoms. The van der Waals surface area contributed by atoms with Gasteiger partial charge in [-0.25, -0.2) is 0 Å². The Bertz CT molecular complexity index is 495. The first kappa shape index (κ1) is 22.2. The molecular weight excluding hydrogens is 376 g/mol. The van der Waals surface area contributed by atoms with Crippen molar-refractivity contribution in [3.8, 4) is 0 Å². The van der Waals surface area contributed by atoms with Crippen LogP contribution in [0.3, 0.4) is 0 Å². The molecule has 0 aromatic carbocycles. The zero-order valence-electron chi connectivity index (χ0n) is 15.3. The van der Waals surface area contributed by atoms with E-state index in [4.69, 9.17) is 0 Å². The molecule has 1 heterocycles. The second kappa shape index (κ2) is 12.5. The van der Waals surface area contributed by atoms with Gasteiger partial charge < -0.3 is 10.6 Å². The summed E-state index contributed by atoms with van der Waals surface area (Å²) in [6.45, 7) is 8.22. The summed E-state index contributed by atoms with van der Waals surface area (Å²) in [5, 5.41) is 14.1. The lowest BCUT2D eigenvalue weighted by atomic mass is 10.2. The fraction of sp³-hybridized carbons (Fsp3) is 0.750. The summed E-state index contributed by atoms with van der Waals surface area (Å²) in [4.78, 5) is 23.7. The van der Waals surface area contributed by atoms with Crippen molar-refractivity contribution >= 4 is 46.7 Å². The molecule has 2 N–H and O–H groups in total. The molecule has 0 unspecified atom stereocenters. The van der Waals surface area contributed by atoms with Crippen molar-refractivity contribution in [3.63, 3.8) is 0 Å². The summed E-state index contributed by atoms with van der Waals surface area (Å²) in [5.41, 5.74) is 0. The molecule has 2 amide bonds. The van der Waals surface area contributed by atoms with Gasteiger partial charge in [-0.3, -0.25) is 9.59 Å². The fourth-order valence-corrected chi connectivity index (χ4v) is 4.85. The van der Waals surface area contributed by atoms with Crippen molar-refractivity contribution < 1.29 is 9.59 Å². The second-order valence-electron chi connectivity index (χ2n) is 5.93. The number of hydrogen-bond donors (Lipinski definition) is 2. The molecular formula is C16H28N4O2S3. The molecule has 0 bridgehead atoms. The summed E-state index contributed by atoms with van der Waals surface area (Å²) in [6, 6.07) is 0.402. The van der Waals surface area contributed by atoms with Crippen LogP contribution in [0.25, 0.3) is 0 Å². The summed E-state index contributed by atoms with van der Waals surface area (Å²) >= 11 is 4.18. The molecule has 2 atom stereocenters. The van der Waals surface area contributed by atoms with Gasteiger partial charge in [0.2, 0.25) is 11.8 Å². The SMILES string of the molecule is CCC[C@@H](C)NC(=O)CSc1nnc(SCC(=O)N[C@H](C)CCC)s1. The van der Waals surface area contributed by atoms with E-state index in [9.17, 15) is 9.59 Å². The van der Waals surface area contributed by atoms with E-state index in [0.717, 1.165) is 34.4 Å². The third-order valence-corrected chi connectivity index (χ3v) is 6.49. The largest absolute Gasteiger partial charge is 0.353 e. The molecule has 1 rings (SSSR count). The number of thioether (sulfide) groups is 2. The average Bonchev–Trinajstić information content (AvgIpc) is 2.99. The molecule has 0 spiro atoms. The van der Waals surface area contributed by atoms with Crippen molar-refractivity contribution in [2.45, 2.75) is 74.1 Å². The van der Waals surface area contributed by atoms with Crippen LogP contribution in [0, 0.1) is 0 Å². The zero-order valence-corrected chi connectivity index (χ0v) is 17.8. The molecule has 0 aliphatic heterocycles. The number of hydrogen-bond acceptors (Lipinski definition) is 7. The number of carbonyl (C=O) groups is 2. The van der Waals surface area contributed by atoms with Gasteiger partial charge in [0.05, 0.1) is 11.5 Å². The number of amides is 2. The Morgan fingerprint density at radius 1 is 0.920 bits per heavy atom. The van der Waals surface area contributed by atoms with Crippen molar-refractivity contribution in [2.75, 3.05) is 11.5 Å². The predicted octanol–water partition coefficient (Wildman–Crippen LogP) is 3.33. The quantitative estimate of drug-likeness (QED) is 0.520. The lowest BCUT2D eigenvalue weighted by molar-refractivity contribution is -0.120. The van der Waals surface area contributed by atoms with Crippen LogP contribution in [-0.4, -0.2) is 45.6 Å². The van der Waals surface area contributed by atoms with E-state index in [2.05, 4.69) is 34.7 Å². The molecule has 0 fully saturated rings. The summed E-state index contributed by atoms with van der Waals surface area (Å²) in [6.07, 6.45) is 4.07. The third kappa shape index (κ3) is 10.1. The lowest BCUT2D eigenvalue weighted by Crippen LogP contribution is -2.33. The maximum atomic E-state index is 11.8.